The third-order valence-corrected chi connectivity index (χ3v) is 1.93. The standard InChI is InChI=1S/C8H17NO3/c1-6(5-10)4-9(3)7(2)8(11)12/h6-7,10H,4-5H2,1-3H3,(H,11,12). The molecule has 0 heterocycles. The van der Waals surface area contributed by atoms with Gasteiger partial charge in [-0.3, -0.25) is 9.69 Å². The summed E-state index contributed by atoms with van der Waals surface area (Å²) >= 11 is 0. The van der Waals surface area contributed by atoms with E-state index in [2.05, 4.69) is 0 Å². The Bertz CT molecular complexity index is 149. The van der Waals surface area contributed by atoms with E-state index in [1.807, 2.05) is 6.92 Å². The van der Waals surface area contributed by atoms with Gasteiger partial charge in [-0.15, -0.1) is 0 Å². The molecule has 2 N–H and O–H groups in total. The molecule has 0 aliphatic heterocycles. The molecule has 0 aliphatic carbocycles. The molecular weight excluding hydrogens is 158 g/mol. The predicted octanol–water partition coefficient (Wildman–Crippen LogP) is 0.0197. The maximum absolute atomic E-state index is 10.5. The van der Waals surface area contributed by atoms with Crippen molar-refractivity contribution in [2.75, 3.05) is 20.2 Å². The summed E-state index contributed by atoms with van der Waals surface area (Å²) in [6.07, 6.45) is 0. The molecule has 2 atom stereocenters. The zero-order chi connectivity index (χ0) is 9.72. The first-order valence-corrected chi connectivity index (χ1v) is 4.03. The number of likely N-dealkylation sites (N-methyl/N-ethyl adjacent to an activating group) is 1. The first kappa shape index (κ1) is 11.4. The lowest BCUT2D eigenvalue weighted by Crippen LogP contribution is -2.39. The summed E-state index contributed by atoms with van der Waals surface area (Å²) < 4.78 is 0. The van der Waals surface area contributed by atoms with Crippen molar-refractivity contribution in [2.45, 2.75) is 19.9 Å². The number of aliphatic hydroxyl groups excluding tert-OH is 1. The summed E-state index contributed by atoms with van der Waals surface area (Å²) in [6.45, 7) is 4.21. The smallest absolute Gasteiger partial charge is 0.320 e. The number of rotatable bonds is 5. The van der Waals surface area contributed by atoms with E-state index in [-0.39, 0.29) is 12.5 Å². The molecule has 0 spiro atoms. The van der Waals surface area contributed by atoms with Gasteiger partial charge in [0, 0.05) is 13.2 Å². The second-order valence-corrected chi connectivity index (χ2v) is 3.24. The van der Waals surface area contributed by atoms with Gasteiger partial charge >= 0.3 is 5.97 Å². The summed E-state index contributed by atoms with van der Waals surface area (Å²) in [4.78, 5) is 12.2. The quantitative estimate of drug-likeness (QED) is 0.618. The minimum Gasteiger partial charge on any atom is -0.480 e. The number of aliphatic hydroxyl groups is 1. The molecule has 0 aliphatic rings. The first-order valence-electron chi connectivity index (χ1n) is 4.03. The largest absolute Gasteiger partial charge is 0.480 e. The molecule has 0 aromatic heterocycles. The van der Waals surface area contributed by atoms with Crippen LogP contribution in [0.4, 0.5) is 0 Å². The van der Waals surface area contributed by atoms with Gasteiger partial charge in [0.1, 0.15) is 6.04 Å². The summed E-state index contributed by atoms with van der Waals surface area (Å²) in [5.74, 6) is -0.709. The van der Waals surface area contributed by atoms with E-state index in [0.29, 0.717) is 6.54 Å². The van der Waals surface area contributed by atoms with Crippen molar-refractivity contribution < 1.29 is 15.0 Å². The van der Waals surface area contributed by atoms with Crippen LogP contribution in [0.3, 0.4) is 0 Å². The highest BCUT2D eigenvalue weighted by Crippen LogP contribution is 2.01. The number of hydrogen-bond donors (Lipinski definition) is 2. The Balaban J connectivity index is 3.86. The molecule has 0 saturated heterocycles. The van der Waals surface area contributed by atoms with E-state index in [4.69, 9.17) is 10.2 Å². The van der Waals surface area contributed by atoms with Crippen molar-refractivity contribution in [3.63, 3.8) is 0 Å². The molecule has 0 saturated carbocycles. The fourth-order valence-electron chi connectivity index (χ4n) is 0.896. The molecule has 0 bridgehead atoms. The van der Waals surface area contributed by atoms with Crippen LogP contribution in [0.1, 0.15) is 13.8 Å². The van der Waals surface area contributed by atoms with E-state index in [1.54, 1.807) is 18.9 Å². The summed E-state index contributed by atoms with van der Waals surface area (Å²) in [5, 5.41) is 17.4. The molecule has 0 fully saturated rings. The van der Waals surface area contributed by atoms with Crippen LogP contribution in [0, 0.1) is 5.92 Å². The number of carbonyl (C=O) groups is 1. The minimum atomic E-state index is -0.831. The molecule has 0 amide bonds. The van der Waals surface area contributed by atoms with Gasteiger partial charge in [-0.1, -0.05) is 6.92 Å². The molecule has 0 radical (unpaired) electrons. The van der Waals surface area contributed by atoms with E-state index >= 15 is 0 Å². The van der Waals surface area contributed by atoms with Gasteiger partial charge in [-0.05, 0) is 19.9 Å². The average Bonchev–Trinajstić information content (AvgIpc) is 2.02. The van der Waals surface area contributed by atoms with Crippen molar-refractivity contribution in [2.24, 2.45) is 5.92 Å². The van der Waals surface area contributed by atoms with Crippen molar-refractivity contribution >= 4 is 5.97 Å². The van der Waals surface area contributed by atoms with Crippen LogP contribution in [0.25, 0.3) is 0 Å². The van der Waals surface area contributed by atoms with Gasteiger partial charge in [0.05, 0.1) is 0 Å². The monoisotopic (exact) mass is 175 g/mol. The van der Waals surface area contributed by atoms with Crippen molar-refractivity contribution in [1.29, 1.82) is 0 Å². The molecule has 2 unspecified atom stereocenters. The highest BCUT2D eigenvalue weighted by molar-refractivity contribution is 5.72. The molecule has 0 aromatic carbocycles. The Labute approximate surface area is 72.8 Å². The summed E-state index contributed by atoms with van der Waals surface area (Å²) in [7, 11) is 1.74. The number of carboxylic acids is 1. The zero-order valence-electron chi connectivity index (χ0n) is 7.82. The Morgan fingerprint density at radius 2 is 2.00 bits per heavy atom. The van der Waals surface area contributed by atoms with Crippen LogP contribution < -0.4 is 0 Å². The van der Waals surface area contributed by atoms with Crippen molar-refractivity contribution in [3.05, 3.63) is 0 Å². The second-order valence-electron chi connectivity index (χ2n) is 3.24. The third-order valence-electron chi connectivity index (χ3n) is 1.93. The van der Waals surface area contributed by atoms with Gasteiger partial charge in [-0.25, -0.2) is 0 Å². The van der Waals surface area contributed by atoms with Crippen LogP contribution in [-0.2, 0) is 4.79 Å². The number of carboxylic acid groups (broad SMARTS) is 1. The number of aliphatic carboxylic acids is 1. The lowest BCUT2D eigenvalue weighted by molar-refractivity contribution is -0.142. The molecule has 4 nitrogen and oxygen atoms in total. The van der Waals surface area contributed by atoms with Crippen molar-refractivity contribution in [1.82, 2.24) is 4.90 Å². The normalized spacial score (nSPS) is 16.1. The highest BCUT2D eigenvalue weighted by Gasteiger charge is 2.17. The summed E-state index contributed by atoms with van der Waals surface area (Å²) in [6, 6.07) is -0.487. The highest BCUT2D eigenvalue weighted by atomic mass is 16.4. The van der Waals surface area contributed by atoms with Crippen LogP contribution in [0.2, 0.25) is 0 Å². The first-order chi connectivity index (χ1) is 5.49. The lowest BCUT2D eigenvalue weighted by Gasteiger charge is -2.23. The Kier molecular flexibility index (Phi) is 4.85. The molecule has 4 heteroatoms. The maximum Gasteiger partial charge on any atom is 0.320 e. The van der Waals surface area contributed by atoms with Gasteiger partial charge in [0.25, 0.3) is 0 Å². The molecular formula is C8H17NO3. The SMILES string of the molecule is CC(CO)CN(C)C(C)C(=O)O. The Morgan fingerprint density at radius 3 is 2.33 bits per heavy atom. The molecule has 0 rings (SSSR count). The van der Waals surface area contributed by atoms with Crippen LogP contribution in [0.5, 0.6) is 0 Å². The Morgan fingerprint density at radius 1 is 1.50 bits per heavy atom. The topological polar surface area (TPSA) is 60.8 Å². The number of nitrogens with zero attached hydrogens (tertiary/aromatic N) is 1. The van der Waals surface area contributed by atoms with Gasteiger partial charge in [0.15, 0.2) is 0 Å². The number of hydrogen-bond acceptors (Lipinski definition) is 3. The lowest BCUT2D eigenvalue weighted by atomic mass is 10.1. The predicted molar refractivity (Wildman–Crippen MR) is 46.0 cm³/mol. The Hall–Kier alpha value is -0.610. The van der Waals surface area contributed by atoms with Crippen LogP contribution in [-0.4, -0.2) is 47.3 Å². The van der Waals surface area contributed by atoms with Crippen molar-refractivity contribution in [3.8, 4) is 0 Å². The molecule has 12 heavy (non-hydrogen) atoms. The van der Waals surface area contributed by atoms with Gasteiger partial charge in [-0.2, -0.15) is 0 Å². The zero-order valence-corrected chi connectivity index (χ0v) is 7.82. The van der Waals surface area contributed by atoms with E-state index in [0.717, 1.165) is 0 Å². The summed E-state index contributed by atoms with van der Waals surface area (Å²) in [5.41, 5.74) is 0. The fourth-order valence-corrected chi connectivity index (χ4v) is 0.896. The molecule has 0 aromatic rings. The van der Waals surface area contributed by atoms with E-state index < -0.39 is 12.0 Å². The van der Waals surface area contributed by atoms with Gasteiger partial charge < -0.3 is 10.2 Å². The van der Waals surface area contributed by atoms with Crippen LogP contribution in [0.15, 0.2) is 0 Å². The minimum absolute atomic E-state index is 0.0939. The third kappa shape index (κ3) is 3.69. The maximum atomic E-state index is 10.5. The van der Waals surface area contributed by atoms with Crippen LogP contribution >= 0.6 is 0 Å². The van der Waals surface area contributed by atoms with E-state index in [1.165, 1.54) is 0 Å². The average molecular weight is 175 g/mol. The van der Waals surface area contributed by atoms with E-state index in [9.17, 15) is 4.79 Å². The fraction of sp³-hybridized carbons (Fsp3) is 0.875. The van der Waals surface area contributed by atoms with Gasteiger partial charge in [0.2, 0.25) is 0 Å². The molecule has 72 valence electrons. The second kappa shape index (κ2) is 5.11.